The summed E-state index contributed by atoms with van der Waals surface area (Å²) in [5.74, 6) is 1.16. The third-order valence-corrected chi connectivity index (χ3v) is 10.4. The molecule has 142 valence electrons. The second kappa shape index (κ2) is 4.47. The van der Waals surface area contributed by atoms with Crippen LogP contribution in [-0.2, 0) is 4.79 Å². The lowest BCUT2D eigenvalue weighted by Gasteiger charge is -2.65. The summed E-state index contributed by atoms with van der Waals surface area (Å²) in [5.41, 5.74) is 0.598. The molecular formula is C22H31NO3. The molecule has 2 N–H and O–H groups in total. The Kier molecular flexibility index (Phi) is 2.80. The number of carbonyl (C=O) groups is 1. The Morgan fingerprint density at radius 1 is 1.31 bits per heavy atom. The van der Waals surface area contributed by atoms with Crippen molar-refractivity contribution in [1.82, 2.24) is 4.90 Å². The first-order valence-corrected chi connectivity index (χ1v) is 10.6. The Bertz CT molecular complexity index is 735. The molecule has 0 amide bonds. The highest BCUT2D eigenvalue weighted by atomic mass is 16.3. The van der Waals surface area contributed by atoms with Crippen molar-refractivity contribution >= 4 is 5.78 Å². The van der Waals surface area contributed by atoms with Crippen molar-refractivity contribution in [1.29, 1.82) is 0 Å². The maximum absolute atomic E-state index is 13.0. The maximum Gasteiger partial charge on any atom is 0.140 e. The summed E-state index contributed by atoms with van der Waals surface area (Å²) < 4.78 is 0. The number of fused-ring (bicyclic) bond motifs is 1. The van der Waals surface area contributed by atoms with Gasteiger partial charge in [0, 0.05) is 35.8 Å². The van der Waals surface area contributed by atoms with Gasteiger partial charge in [0.05, 0.1) is 12.2 Å². The van der Waals surface area contributed by atoms with Crippen molar-refractivity contribution in [3.8, 4) is 0 Å². The van der Waals surface area contributed by atoms with Crippen LogP contribution in [0.25, 0.3) is 0 Å². The Balaban J connectivity index is 1.62. The minimum Gasteiger partial charge on any atom is -0.392 e. The quantitative estimate of drug-likeness (QED) is 0.705. The van der Waals surface area contributed by atoms with Gasteiger partial charge in [0.15, 0.2) is 0 Å². The van der Waals surface area contributed by atoms with Crippen molar-refractivity contribution in [3.63, 3.8) is 0 Å². The van der Waals surface area contributed by atoms with E-state index in [4.69, 9.17) is 0 Å². The number of rotatable bonds is 1. The number of nitrogens with zero attached hydrogens (tertiary/aromatic N) is 1. The molecule has 5 aliphatic carbocycles. The number of likely N-dealkylation sites (tertiary alicyclic amines) is 1. The number of carbonyl (C=O) groups excluding carboxylic acids is 1. The van der Waals surface area contributed by atoms with Crippen LogP contribution in [0.3, 0.4) is 0 Å². The van der Waals surface area contributed by atoms with E-state index in [9.17, 15) is 15.0 Å². The van der Waals surface area contributed by atoms with E-state index >= 15 is 0 Å². The molecule has 4 heteroatoms. The zero-order valence-corrected chi connectivity index (χ0v) is 15.9. The predicted octanol–water partition coefficient (Wildman–Crippen LogP) is 2.00. The van der Waals surface area contributed by atoms with Gasteiger partial charge >= 0.3 is 0 Å². The molecular weight excluding hydrogens is 326 g/mol. The van der Waals surface area contributed by atoms with Crippen molar-refractivity contribution in [2.24, 2.45) is 39.9 Å². The van der Waals surface area contributed by atoms with Crippen molar-refractivity contribution in [2.45, 2.75) is 64.2 Å². The number of aliphatic hydroxyl groups is 2. The number of hydrogen-bond acceptors (Lipinski definition) is 4. The number of hydrogen-bond donors (Lipinski definition) is 2. The first kappa shape index (κ1) is 16.3. The van der Waals surface area contributed by atoms with Gasteiger partial charge in [0.25, 0.3) is 0 Å². The molecule has 4 nitrogen and oxygen atoms in total. The number of aliphatic hydroxyl groups excluding tert-OH is 2. The lowest BCUT2D eigenvalue weighted by molar-refractivity contribution is -0.211. The first-order chi connectivity index (χ1) is 12.3. The molecule has 2 unspecified atom stereocenters. The van der Waals surface area contributed by atoms with Gasteiger partial charge in [-0.15, -0.1) is 0 Å². The molecule has 1 heterocycles. The average Bonchev–Trinajstić information content (AvgIpc) is 3.14. The van der Waals surface area contributed by atoms with E-state index in [0.29, 0.717) is 24.3 Å². The van der Waals surface area contributed by atoms with Gasteiger partial charge in [-0.1, -0.05) is 20.4 Å². The molecule has 0 aromatic rings. The fraction of sp³-hybridized carbons (Fsp3) is 0.864. The Hall–Kier alpha value is -0.710. The zero-order chi connectivity index (χ0) is 18.2. The second-order valence-electron chi connectivity index (χ2n) is 10.7. The van der Waals surface area contributed by atoms with E-state index in [0.717, 1.165) is 44.3 Å². The fourth-order valence-corrected chi connectivity index (χ4v) is 9.75. The van der Waals surface area contributed by atoms with E-state index in [1.165, 1.54) is 0 Å². The lowest BCUT2D eigenvalue weighted by Crippen LogP contribution is -2.68. The van der Waals surface area contributed by atoms with Crippen molar-refractivity contribution < 1.29 is 15.0 Å². The van der Waals surface area contributed by atoms with Crippen LogP contribution in [0.1, 0.15) is 46.0 Å². The highest BCUT2D eigenvalue weighted by Crippen LogP contribution is 2.83. The molecule has 7 bridgehead atoms. The number of piperidine rings is 1. The SMILES string of the molecule is C=C1[C@H]2C[C@]3(C4C[C@@H]5[C@@]6(C)CC[C@H](O)[C@@]5(C4N(CC)C6)[C@@H]3CC2=O)[C@@H]1O. The zero-order valence-electron chi connectivity index (χ0n) is 15.9. The highest BCUT2D eigenvalue weighted by molar-refractivity contribution is 5.87. The normalized spacial score (nSPS) is 62.7. The third kappa shape index (κ3) is 1.33. The molecule has 5 saturated carbocycles. The van der Waals surface area contributed by atoms with Gasteiger partial charge in [-0.2, -0.15) is 0 Å². The minimum absolute atomic E-state index is 0.130. The summed E-state index contributed by atoms with van der Waals surface area (Å²) in [4.78, 5) is 15.6. The van der Waals surface area contributed by atoms with E-state index in [1.54, 1.807) is 0 Å². The van der Waals surface area contributed by atoms with E-state index < -0.39 is 6.10 Å². The van der Waals surface area contributed by atoms with Crippen LogP contribution in [0.15, 0.2) is 12.2 Å². The topological polar surface area (TPSA) is 60.8 Å². The molecule has 0 aromatic carbocycles. The molecule has 26 heavy (non-hydrogen) atoms. The summed E-state index contributed by atoms with van der Waals surface area (Å²) >= 11 is 0. The molecule has 6 aliphatic rings. The molecule has 1 saturated heterocycles. The summed E-state index contributed by atoms with van der Waals surface area (Å²) in [5, 5.41) is 22.8. The fourth-order valence-electron chi connectivity index (χ4n) is 9.75. The van der Waals surface area contributed by atoms with Crippen LogP contribution < -0.4 is 0 Å². The molecule has 6 fully saturated rings. The van der Waals surface area contributed by atoms with E-state index in [2.05, 4.69) is 25.3 Å². The van der Waals surface area contributed by atoms with Crippen LogP contribution >= 0.6 is 0 Å². The van der Waals surface area contributed by atoms with Crippen LogP contribution in [0, 0.1) is 39.9 Å². The van der Waals surface area contributed by atoms with Crippen LogP contribution in [0.4, 0.5) is 0 Å². The Labute approximate surface area is 155 Å². The van der Waals surface area contributed by atoms with Crippen molar-refractivity contribution in [2.75, 3.05) is 13.1 Å². The van der Waals surface area contributed by atoms with Crippen LogP contribution in [-0.4, -0.2) is 52.2 Å². The Morgan fingerprint density at radius 3 is 2.81 bits per heavy atom. The first-order valence-electron chi connectivity index (χ1n) is 10.6. The van der Waals surface area contributed by atoms with E-state index in [-0.39, 0.29) is 40.0 Å². The molecule has 2 spiro atoms. The van der Waals surface area contributed by atoms with Gasteiger partial charge in [0.1, 0.15) is 5.78 Å². The van der Waals surface area contributed by atoms with Crippen molar-refractivity contribution in [3.05, 3.63) is 12.2 Å². The number of Topliss-reactive ketones (excluding diaryl/α,β-unsaturated/α-hetero) is 1. The van der Waals surface area contributed by atoms with E-state index in [1.807, 2.05) is 0 Å². The summed E-state index contributed by atoms with van der Waals surface area (Å²) in [6.07, 6.45) is 3.50. The average molecular weight is 357 g/mol. The lowest BCUT2D eigenvalue weighted by atomic mass is 9.43. The minimum atomic E-state index is -0.561. The monoisotopic (exact) mass is 357 g/mol. The molecule has 1 aliphatic heterocycles. The van der Waals surface area contributed by atoms with Gasteiger partial charge in [-0.25, -0.2) is 0 Å². The predicted molar refractivity (Wildman–Crippen MR) is 97.2 cm³/mol. The largest absolute Gasteiger partial charge is 0.392 e. The summed E-state index contributed by atoms with van der Waals surface area (Å²) in [6, 6.07) is 0.331. The smallest absolute Gasteiger partial charge is 0.140 e. The maximum atomic E-state index is 13.0. The molecule has 0 aromatic heterocycles. The summed E-state index contributed by atoms with van der Waals surface area (Å²) in [7, 11) is 0. The third-order valence-electron chi connectivity index (χ3n) is 10.4. The van der Waals surface area contributed by atoms with Gasteiger partial charge in [0.2, 0.25) is 0 Å². The second-order valence-corrected chi connectivity index (χ2v) is 10.7. The van der Waals surface area contributed by atoms with Gasteiger partial charge in [-0.3, -0.25) is 9.69 Å². The van der Waals surface area contributed by atoms with Gasteiger partial charge < -0.3 is 10.2 Å². The summed E-state index contributed by atoms with van der Waals surface area (Å²) in [6.45, 7) is 10.9. The Morgan fingerprint density at radius 2 is 2.08 bits per heavy atom. The highest BCUT2D eigenvalue weighted by Gasteiger charge is 2.85. The molecule has 6 rings (SSSR count). The van der Waals surface area contributed by atoms with Crippen LogP contribution in [0.2, 0.25) is 0 Å². The number of ketones is 1. The van der Waals surface area contributed by atoms with Gasteiger partial charge in [-0.05, 0) is 61.0 Å². The van der Waals surface area contributed by atoms with Crippen LogP contribution in [0.5, 0.6) is 0 Å². The molecule has 10 atom stereocenters. The molecule has 0 radical (unpaired) electrons. The standard InChI is InChI=1S/C22H31NO3/c1-4-23-10-20(3)6-5-17(25)22-15(20)7-13(18(22)23)21-9-12(11(2)19(21)26)14(24)8-16(21)22/h12-13,15-19,25-26H,2,4-10H2,1,3H3/t12-,13?,15-,16-,17+,18?,19-,20+,21-,22+/m1/s1.